The number of likely N-dealkylation sites (N-methyl/N-ethyl adjacent to an activating group) is 1. The zero-order valence-electron chi connectivity index (χ0n) is 16.0. The Labute approximate surface area is 155 Å². The van der Waals surface area contributed by atoms with Gasteiger partial charge < -0.3 is 20.4 Å². The third kappa shape index (κ3) is 4.55. The Bertz CT molecular complexity index is 638. The lowest BCUT2D eigenvalue weighted by Gasteiger charge is -2.34. The molecule has 1 aliphatic carbocycles. The molecule has 3 atom stereocenters. The van der Waals surface area contributed by atoms with Crippen LogP contribution in [0.5, 0.6) is 0 Å². The van der Waals surface area contributed by atoms with Gasteiger partial charge in [-0.3, -0.25) is 9.59 Å². The van der Waals surface area contributed by atoms with Crippen LogP contribution in [0.25, 0.3) is 0 Å². The van der Waals surface area contributed by atoms with Crippen molar-refractivity contribution in [2.75, 3.05) is 43.4 Å². The number of nitrogens with one attached hydrogen (secondary N) is 2. The first-order chi connectivity index (χ1) is 12.5. The highest BCUT2D eigenvalue weighted by atomic mass is 16.2. The highest BCUT2D eigenvalue weighted by Crippen LogP contribution is 2.39. The normalized spacial score (nSPS) is 24.0. The summed E-state index contributed by atoms with van der Waals surface area (Å²) in [5.74, 6) is -0.420. The molecule has 142 valence electrons. The smallest absolute Gasteiger partial charge is 0.228 e. The first-order valence-corrected chi connectivity index (χ1v) is 9.62. The number of hydrogen-bond acceptors (Lipinski definition) is 4. The van der Waals surface area contributed by atoms with E-state index in [-0.39, 0.29) is 29.7 Å². The minimum absolute atomic E-state index is 0.00455. The van der Waals surface area contributed by atoms with Gasteiger partial charge in [0.1, 0.15) is 0 Å². The van der Waals surface area contributed by atoms with Gasteiger partial charge in [0, 0.05) is 43.6 Å². The average molecular weight is 358 g/mol. The molecule has 3 rings (SSSR count). The first kappa shape index (κ1) is 18.7. The molecule has 1 heterocycles. The van der Waals surface area contributed by atoms with Crippen molar-refractivity contribution < 1.29 is 9.59 Å². The highest BCUT2D eigenvalue weighted by Gasteiger charge is 2.48. The summed E-state index contributed by atoms with van der Waals surface area (Å²) in [6.07, 6.45) is 1.54. The lowest BCUT2D eigenvalue weighted by atomic mass is 10.2. The molecular formula is C20H30N4O2. The summed E-state index contributed by atoms with van der Waals surface area (Å²) in [5, 5.41) is 5.91. The van der Waals surface area contributed by atoms with E-state index in [0.29, 0.717) is 6.42 Å². The molecule has 2 N–H and O–H groups in total. The fraction of sp³-hybridized carbons (Fsp3) is 0.600. The van der Waals surface area contributed by atoms with Crippen LogP contribution in [0.15, 0.2) is 24.3 Å². The second kappa shape index (κ2) is 8.08. The van der Waals surface area contributed by atoms with Crippen LogP contribution in [-0.2, 0) is 9.59 Å². The van der Waals surface area contributed by atoms with Crippen molar-refractivity contribution >= 4 is 23.2 Å². The summed E-state index contributed by atoms with van der Waals surface area (Å²) in [5.41, 5.74) is 1.98. The van der Waals surface area contributed by atoms with Crippen LogP contribution in [0.1, 0.15) is 26.7 Å². The molecule has 3 unspecified atom stereocenters. The summed E-state index contributed by atoms with van der Waals surface area (Å²) < 4.78 is 0. The van der Waals surface area contributed by atoms with Crippen molar-refractivity contribution in [1.29, 1.82) is 0 Å². The van der Waals surface area contributed by atoms with E-state index in [1.54, 1.807) is 0 Å². The summed E-state index contributed by atoms with van der Waals surface area (Å²) in [4.78, 5) is 29.1. The molecule has 0 spiro atoms. The van der Waals surface area contributed by atoms with E-state index in [9.17, 15) is 9.59 Å². The van der Waals surface area contributed by atoms with Gasteiger partial charge in [0.2, 0.25) is 11.8 Å². The number of nitrogens with zero attached hydrogens (tertiary/aromatic N) is 2. The van der Waals surface area contributed by atoms with Crippen molar-refractivity contribution in [2.45, 2.75) is 32.7 Å². The second-order valence-corrected chi connectivity index (χ2v) is 7.59. The Morgan fingerprint density at radius 2 is 1.69 bits per heavy atom. The lowest BCUT2D eigenvalue weighted by Crippen LogP contribution is -2.44. The van der Waals surface area contributed by atoms with E-state index in [1.165, 1.54) is 5.69 Å². The molecule has 0 radical (unpaired) electrons. The molecule has 2 aliphatic rings. The van der Waals surface area contributed by atoms with Crippen molar-refractivity contribution in [3.63, 3.8) is 0 Å². The van der Waals surface area contributed by atoms with Gasteiger partial charge in [0.05, 0.1) is 11.8 Å². The van der Waals surface area contributed by atoms with E-state index in [2.05, 4.69) is 39.6 Å². The predicted molar refractivity (Wildman–Crippen MR) is 104 cm³/mol. The number of anilines is 2. The molecule has 2 amide bonds. The van der Waals surface area contributed by atoms with Crippen molar-refractivity contribution in [1.82, 2.24) is 10.2 Å². The third-order valence-corrected chi connectivity index (χ3v) is 5.47. The molecule has 1 aliphatic heterocycles. The van der Waals surface area contributed by atoms with Crippen LogP contribution in [0.2, 0.25) is 0 Å². The molecule has 1 saturated carbocycles. The number of amides is 2. The number of piperazine rings is 1. The maximum atomic E-state index is 12.4. The molecule has 0 aromatic heterocycles. The van der Waals surface area contributed by atoms with Gasteiger partial charge in [-0.2, -0.15) is 0 Å². The summed E-state index contributed by atoms with van der Waals surface area (Å²) in [7, 11) is 2.14. The molecule has 2 fully saturated rings. The van der Waals surface area contributed by atoms with Gasteiger partial charge in [-0.1, -0.05) is 6.92 Å². The predicted octanol–water partition coefficient (Wildman–Crippen LogP) is 1.93. The molecular weight excluding hydrogens is 328 g/mol. The van der Waals surface area contributed by atoms with Crippen LogP contribution in [0.3, 0.4) is 0 Å². The maximum absolute atomic E-state index is 12.4. The summed E-state index contributed by atoms with van der Waals surface area (Å²) in [6, 6.07) is 8.17. The van der Waals surface area contributed by atoms with Crippen LogP contribution < -0.4 is 15.5 Å². The van der Waals surface area contributed by atoms with Crippen LogP contribution >= 0.6 is 0 Å². The molecule has 0 bridgehead atoms. The zero-order chi connectivity index (χ0) is 18.7. The number of hydrogen-bond donors (Lipinski definition) is 2. The van der Waals surface area contributed by atoms with Gasteiger partial charge in [0.15, 0.2) is 0 Å². The Hall–Kier alpha value is -2.08. The van der Waals surface area contributed by atoms with E-state index in [4.69, 9.17) is 0 Å². The minimum atomic E-state index is -0.198. The Balaban J connectivity index is 1.49. The summed E-state index contributed by atoms with van der Waals surface area (Å²) >= 11 is 0. The van der Waals surface area contributed by atoms with Crippen LogP contribution in [-0.4, -0.2) is 56.0 Å². The fourth-order valence-corrected chi connectivity index (χ4v) is 3.28. The summed E-state index contributed by atoms with van der Waals surface area (Å²) in [6.45, 7) is 8.21. The van der Waals surface area contributed by atoms with Crippen molar-refractivity contribution in [2.24, 2.45) is 11.8 Å². The average Bonchev–Trinajstić information content (AvgIpc) is 3.44. The quantitative estimate of drug-likeness (QED) is 0.816. The van der Waals surface area contributed by atoms with E-state index in [1.807, 2.05) is 26.0 Å². The molecule has 6 nitrogen and oxygen atoms in total. The highest BCUT2D eigenvalue weighted by molar-refractivity contribution is 5.99. The van der Waals surface area contributed by atoms with Crippen LogP contribution in [0.4, 0.5) is 11.4 Å². The Morgan fingerprint density at radius 1 is 1.08 bits per heavy atom. The first-order valence-electron chi connectivity index (χ1n) is 9.62. The SMILES string of the molecule is CCC(C)NC(=O)C1CC1C(=O)Nc1ccc(N2CCN(C)CC2)cc1. The minimum Gasteiger partial charge on any atom is -0.369 e. The molecule has 1 saturated heterocycles. The van der Waals surface area contributed by atoms with Crippen molar-refractivity contribution in [3.05, 3.63) is 24.3 Å². The van der Waals surface area contributed by atoms with Crippen molar-refractivity contribution in [3.8, 4) is 0 Å². The maximum Gasteiger partial charge on any atom is 0.228 e. The number of rotatable bonds is 6. The fourth-order valence-electron chi connectivity index (χ4n) is 3.28. The van der Waals surface area contributed by atoms with E-state index >= 15 is 0 Å². The zero-order valence-corrected chi connectivity index (χ0v) is 16.0. The third-order valence-electron chi connectivity index (χ3n) is 5.47. The van der Waals surface area contributed by atoms with E-state index in [0.717, 1.165) is 38.3 Å². The monoisotopic (exact) mass is 358 g/mol. The molecule has 26 heavy (non-hydrogen) atoms. The number of benzene rings is 1. The van der Waals surface area contributed by atoms with Gasteiger partial charge in [-0.15, -0.1) is 0 Å². The lowest BCUT2D eigenvalue weighted by molar-refractivity contribution is -0.125. The molecule has 1 aromatic rings. The van der Waals surface area contributed by atoms with Gasteiger partial charge in [-0.25, -0.2) is 0 Å². The Morgan fingerprint density at radius 3 is 2.31 bits per heavy atom. The standard InChI is InChI=1S/C20H30N4O2/c1-4-14(2)21-19(25)17-13-18(17)20(26)22-15-5-7-16(8-6-15)24-11-9-23(3)10-12-24/h5-8,14,17-18H,4,9-13H2,1-3H3,(H,21,25)(H,22,26). The molecule has 6 heteroatoms. The largest absolute Gasteiger partial charge is 0.369 e. The molecule has 1 aromatic carbocycles. The number of carbonyl (C=O) groups excluding carboxylic acids is 2. The second-order valence-electron chi connectivity index (χ2n) is 7.59. The van der Waals surface area contributed by atoms with E-state index < -0.39 is 0 Å². The van der Waals surface area contributed by atoms with Gasteiger partial charge >= 0.3 is 0 Å². The van der Waals surface area contributed by atoms with Gasteiger partial charge in [-0.05, 0) is 51.1 Å². The van der Waals surface area contributed by atoms with Gasteiger partial charge in [0.25, 0.3) is 0 Å². The Kier molecular flexibility index (Phi) is 5.81. The number of carbonyl (C=O) groups is 2. The van der Waals surface area contributed by atoms with Crippen LogP contribution in [0, 0.1) is 11.8 Å². The topological polar surface area (TPSA) is 64.7 Å².